The van der Waals surface area contributed by atoms with E-state index in [0.717, 1.165) is 25.2 Å². The number of benzene rings is 2. The van der Waals surface area contributed by atoms with Crippen LogP contribution >= 0.6 is 0 Å². The second-order valence-corrected chi connectivity index (χ2v) is 7.24. The van der Waals surface area contributed by atoms with Crippen LogP contribution in [-0.4, -0.2) is 35.9 Å². The zero-order chi connectivity index (χ0) is 20.9. The van der Waals surface area contributed by atoms with Crippen molar-refractivity contribution in [3.63, 3.8) is 0 Å². The third-order valence-electron chi connectivity index (χ3n) is 5.15. The molecule has 2 heterocycles. The maximum Gasteiger partial charge on any atom is 0.255 e. The van der Waals surface area contributed by atoms with Crippen LogP contribution < -0.4 is 21.3 Å². The van der Waals surface area contributed by atoms with E-state index in [2.05, 4.69) is 20.5 Å². The summed E-state index contributed by atoms with van der Waals surface area (Å²) in [6.45, 7) is 1.56. The number of hydrogen-bond donors (Lipinski definition) is 3. The summed E-state index contributed by atoms with van der Waals surface area (Å²) < 4.78 is 0. The Morgan fingerprint density at radius 2 is 1.77 bits per heavy atom. The fourth-order valence-electron chi connectivity index (χ4n) is 3.51. The summed E-state index contributed by atoms with van der Waals surface area (Å²) >= 11 is 0. The van der Waals surface area contributed by atoms with E-state index in [1.165, 1.54) is 0 Å². The van der Waals surface area contributed by atoms with Gasteiger partial charge in [-0.25, -0.2) is 0 Å². The lowest BCUT2D eigenvalue weighted by Gasteiger charge is -2.19. The zero-order valence-electron chi connectivity index (χ0n) is 16.4. The van der Waals surface area contributed by atoms with Gasteiger partial charge in [-0.05, 0) is 55.0 Å². The van der Waals surface area contributed by atoms with E-state index in [-0.39, 0.29) is 17.9 Å². The van der Waals surface area contributed by atoms with Crippen LogP contribution in [0.15, 0.2) is 73.1 Å². The normalized spacial score (nSPS) is 15.6. The Kier molecular flexibility index (Phi) is 5.61. The maximum absolute atomic E-state index is 12.5. The molecule has 0 saturated carbocycles. The Labute approximate surface area is 174 Å². The Hall–Kier alpha value is -3.87. The van der Waals surface area contributed by atoms with Crippen molar-refractivity contribution in [2.75, 3.05) is 29.0 Å². The quantitative estimate of drug-likeness (QED) is 0.571. The smallest absolute Gasteiger partial charge is 0.255 e. The lowest BCUT2D eigenvalue weighted by Crippen LogP contribution is -2.37. The largest absolute Gasteiger partial charge is 0.397 e. The summed E-state index contributed by atoms with van der Waals surface area (Å²) in [5.74, 6) is -0.315. The third kappa shape index (κ3) is 4.41. The van der Waals surface area contributed by atoms with Crippen LogP contribution in [0, 0.1) is 0 Å². The molecule has 1 atom stereocenters. The predicted molar refractivity (Wildman–Crippen MR) is 118 cm³/mol. The molecule has 3 aromatic rings. The molecule has 1 aliphatic rings. The van der Waals surface area contributed by atoms with Crippen LogP contribution in [0.4, 0.5) is 17.1 Å². The summed E-state index contributed by atoms with van der Waals surface area (Å²) in [5, 5.41) is 5.89. The Bertz CT molecular complexity index is 1040. The molecule has 152 valence electrons. The molecule has 1 aliphatic heterocycles. The number of para-hydroxylation sites is 2. The number of pyridine rings is 1. The van der Waals surface area contributed by atoms with Crippen LogP contribution in [0.5, 0.6) is 0 Å². The van der Waals surface area contributed by atoms with Gasteiger partial charge in [0.1, 0.15) is 0 Å². The summed E-state index contributed by atoms with van der Waals surface area (Å²) in [4.78, 5) is 31.0. The van der Waals surface area contributed by atoms with Crippen molar-refractivity contribution in [1.29, 1.82) is 0 Å². The van der Waals surface area contributed by atoms with Gasteiger partial charge in [0.05, 0.1) is 16.9 Å². The van der Waals surface area contributed by atoms with E-state index < -0.39 is 0 Å². The first-order valence-corrected chi connectivity index (χ1v) is 9.82. The number of hydrogen-bond acceptors (Lipinski definition) is 5. The van der Waals surface area contributed by atoms with Gasteiger partial charge >= 0.3 is 0 Å². The molecule has 0 bridgehead atoms. The van der Waals surface area contributed by atoms with Crippen LogP contribution in [0.1, 0.15) is 27.1 Å². The standard InChI is InChI=1S/C23H23N5O2/c24-20-5-1-2-6-21(20)27-22(29)16-7-9-19(10-8-16)28-13-11-18(15-28)26-23(30)17-4-3-12-25-14-17/h1-10,12,14,18H,11,13,15,24H2,(H,26,30)(H,27,29). The summed E-state index contributed by atoms with van der Waals surface area (Å²) in [6.07, 6.45) is 4.07. The number of carbonyl (C=O) groups excluding carboxylic acids is 2. The van der Waals surface area contributed by atoms with Gasteiger partial charge < -0.3 is 21.3 Å². The van der Waals surface area contributed by atoms with Crippen molar-refractivity contribution >= 4 is 28.9 Å². The fourth-order valence-corrected chi connectivity index (χ4v) is 3.51. The van der Waals surface area contributed by atoms with Crippen LogP contribution in [0.25, 0.3) is 0 Å². The number of anilines is 3. The molecule has 30 heavy (non-hydrogen) atoms. The molecular weight excluding hydrogens is 378 g/mol. The first-order valence-electron chi connectivity index (χ1n) is 9.82. The van der Waals surface area contributed by atoms with Gasteiger partial charge in [-0.3, -0.25) is 14.6 Å². The van der Waals surface area contributed by atoms with Crippen molar-refractivity contribution < 1.29 is 9.59 Å². The molecule has 4 rings (SSSR count). The third-order valence-corrected chi connectivity index (χ3v) is 5.15. The second kappa shape index (κ2) is 8.65. The van der Waals surface area contributed by atoms with Gasteiger partial charge in [-0.1, -0.05) is 12.1 Å². The second-order valence-electron chi connectivity index (χ2n) is 7.24. The number of carbonyl (C=O) groups is 2. The summed E-state index contributed by atoms with van der Waals surface area (Å²) in [7, 11) is 0. The average Bonchev–Trinajstić information content (AvgIpc) is 3.24. The Balaban J connectivity index is 1.35. The molecule has 7 nitrogen and oxygen atoms in total. The molecule has 0 radical (unpaired) electrons. The minimum Gasteiger partial charge on any atom is -0.397 e. The summed E-state index contributed by atoms with van der Waals surface area (Å²) in [6, 6.07) is 18.2. The van der Waals surface area contributed by atoms with Gasteiger partial charge in [0.25, 0.3) is 11.8 Å². The van der Waals surface area contributed by atoms with E-state index in [0.29, 0.717) is 22.5 Å². The van der Waals surface area contributed by atoms with Gasteiger partial charge in [-0.15, -0.1) is 0 Å². The van der Waals surface area contributed by atoms with Gasteiger partial charge in [0.15, 0.2) is 0 Å². The number of nitrogens with two attached hydrogens (primary N) is 1. The molecule has 7 heteroatoms. The molecule has 1 unspecified atom stereocenters. The highest BCUT2D eigenvalue weighted by atomic mass is 16.2. The molecule has 4 N–H and O–H groups in total. The lowest BCUT2D eigenvalue weighted by molar-refractivity contribution is 0.0939. The monoisotopic (exact) mass is 401 g/mol. The molecular formula is C23H23N5O2. The molecule has 1 fully saturated rings. The van der Waals surface area contributed by atoms with Crippen molar-refractivity contribution in [3.05, 3.63) is 84.2 Å². The van der Waals surface area contributed by atoms with Gasteiger partial charge in [0, 0.05) is 42.8 Å². The first-order chi connectivity index (χ1) is 14.6. The topological polar surface area (TPSA) is 100 Å². The average molecular weight is 401 g/mol. The molecule has 1 saturated heterocycles. The fraction of sp³-hybridized carbons (Fsp3) is 0.174. The van der Waals surface area contributed by atoms with Gasteiger partial charge in [0.2, 0.25) is 0 Å². The number of rotatable bonds is 5. The van der Waals surface area contributed by atoms with Crippen molar-refractivity contribution in [1.82, 2.24) is 10.3 Å². The number of nitrogens with one attached hydrogen (secondary N) is 2. The van der Waals surface area contributed by atoms with E-state index in [4.69, 9.17) is 5.73 Å². The number of nitrogens with zero attached hydrogens (tertiary/aromatic N) is 2. The van der Waals surface area contributed by atoms with Crippen LogP contribution in [0.2, 0.25) is 0 Å². The number of aromatic nitrogens is 1. The lowest BCUT2D eigenvalue weighted by atomic mass is 10.1. The molecule has 0 aliphatic carbocycles. The predicted octanol–water partition coefficient (Wildman–Crippen LogP) is 2.92. The molecule has 2 amide bonds. The van der Waals surface area contributed by atoms with Crippen molar-refractivity contribution in [2.45, 2.75) is 12.5 Å². The van der Waals surface area contributed by atoms with Crippen LogP contribution in [-0.2, 0) is 0 Å². The van der Waals surface area contributed by atoms with E-state index in [1.54, 1.807) is 48.8 Å². The van der Waals surface area contributed by atoms with Crippen molar-refractivity contribution in [3.8, 4) is 0 Å². The van der Waals surface area contributed by atoms with E-state index in [1.807, 2.05) is 24.3 Å². The minimum absolute atomic E-state index is 0.0711. The highest BCUT2D eigenvalue weighted by molar-refractivity contribution is 6.05. The SMILES string of the molecule is Nc1ccccc1NC(=O)c1ccc(N2CCC(NC(=O)c3cccnc3)C2)cc1. The molecule has 2 aromatic carbocycles. The minimum atomic E-state index is -0.206. The molecule has 1 aromatic heterocycles. The van der Waals surface area contributed by atoms with E-state index in [9.17, 15) is 9.59 Å². The van der Waals surface area contributed by atoms with Gasteiger partial charge in [-0.2, -0.15) is 0 Å². The van der Waals surface area contributed by atoms with Crippen LogP contribution in [0.3, 0.4) is 0 Å². The first kappa shape index (κ1) is 19.4. The zero-order valence-corrected chi connectivity index (χ0v) is 16.4. The van der Waals surface area contributed by atoms with E-state index >= 15 is 0 Å². The highest BCUT2D eigenvalue weighted by Gasteiger charge is 2.24. The highest BCUT2D eigenvalue weighted by Crippen LogP contribution is 2.22. The summed E-state index contributed by atoms with van der Waals surface area (Å²) in [5.41, 5.74) is 9.14. The Morgan fingerprint density at radius 3 is 2.50 bits per heavy atom. The number of amides is 2. The number of nitrogen functional groups attached to an aromatic ring is 1. The molecule has 0 spiro atoms. The Morgan fingerprint density at radius 1 is 0.967 bits per heavy atom. The maximum atomic E-state index is 12.5. The van der Waals surface area contributed by atoms with Crippen molar-refractivity contribution in [2.24, 2.45) is 0 Å².